The molecule has 5 rings (SSSR count). The molecular formula is C19H18N4O3S4. The van der Waals surface area contributed by atoms with Crippen LogP contribution in [0.25, 0.3) is 20.4 Å². The first kappa shape index (κ1) is 20.0. The zero-order chi connectivity index (χ0) is 20.9. The van der Waals surface area contributed by atoms with Crippen molar-refractivity contribution in [2.24, 2.45) is 0 Å². The number of aryl methyl sites for hydroxylation is 1. The molecule has 1 fully saturated rings. The van der Waals surface area contributed by atoms with Crippen LogP contribution in [0.15, 0.2) is 33.9 Å². The van der Waals surface area contributed by atoms with E-state index in [2.05, 4.69) is 15.3 Å². The van der Waals surface area contributed by atoms with Crippen molar-refractivity contribution >= 4 is 75.5 Å². The highest BCUT2D eigenvalue weighted by atomic mass is 32.2. The van der Waals surface area contributed by atoms with Crippen LogP contribution in [0.5, 0.6) is 0 Å². The number of nitrogens with one attached hydrogen (secondary N) is 1. The van der Waals surface area contributed by atoms with Gasteiger partial charge in [0.1, 0.15) is 10.3 Å². The number of hydrogen-bond acceptors (Lipinski definition) is 8. The Hall–Kier alpha value is -1.92. The maximum absolute atomic E-state index is 13.1. The molecular weight excluding hydrogens is 461 g/mol. The Morgan fingerprint density at radius 2 is 1.90 bits per heavy atom. The molecule has 0 spiro atoms. The molecule has 11 heteroatoms. The van der Waals surface area contributed by atoms with Gasteiger partial charge in [0.05, 0.1) is 25.4 Å². The number of nitrogens with zero attached hydrogens (tertiary/aromatic N) is 3. The van der Waals surface area contributed by atoms with Crippen LogP contribution in [-0.4, -0.2) is 41.2 Å². The second kappa shape index (κ2) is 7.65. The van der Waals surface area contributed by atoms with Crippen LogP contribution >= 0.6 is 34.0 Å². The lowest BCUT2D eigenvalue weighted by molar-refractivity contribution is -0.120. The third-order valence-electron chi connectivity index (χ3n) is 5.06. The number of benzene rings is 1. The normalized spacial score (nSPS) is 18.2. The predicted octanol–water partition coefficient (Wildman–Crippen LogP) is 4.46. The number of thiazole rings is 2. The highest BCUT2D eigenvalue weighted by molar-refractivity contribution is 7.91. The van der Waals surface area contributed by atoms with E-state index in [4.69, 9.17) is 0 Å². The average molecular weight is 479 g/mol. The molecule has 1 N–H and O–H groups in total. The zero-order valence-corrected chi connectivity index (χ0v) is 19.3. The summed E-state index contributed by atoms with van der Waals surface area (Å²) >= 11 is 4.18. The van der Waals surface area contributed by atoms with E-state index in [1.54, 1.807) is 28.8 Å². The molecule has 1 amide bonds. The third kappa shape index (κ3) is 3.44. The first-order chi connectivity index (χ1) is 14.4. The van der Waals surface area contributed by atoms with Crippen molar-refractivity contribution in [3.8, 4) is 0 Å². The van der Waals surface area contributed by atoms with Crippen molar-refractivity contribution in [1.82, 2.24) is 14.3 Å². The predicted molar refractivity (Wildman–Crippen MR) is 122 cm³/mol. The molecule has 4 heterocycles. The van der Waals surface area contributed by atoms with Crippen molar-refractivity contribution < 1.29 is 13.2 Å². The number of hydrogen-bond donors (Lipinski definition) is 1. The number of sulfonamides is 1. The molecule has 7 nitrogen and oxygen atoms in total. The first-order valence-corrected chi connectivity index (χ1v) is 13.4. The van der Waals surface area contributed by atoms with E-state index in [0.717, 1.165) is 38.3 Å². The molecule has 1 atom stereocenters. The fraction of sp³-hybridized carbons (Fsp3) is 0.316. The zero-order valence-electron chi connectivity index (χ0n) is 16.0. The highest BCUT2D eigenvalue weighted by Crippen LogP contribution is 2.36. The Morgan fingerprint density at radius 3 is 2.67 bits per heavy atom. The standard InChI is InChI=1S/C19H18N4O3S4/c1-11-20-12-7-8-13-17(16(12)28-11)29-19(21-13)22-18(24)14-5-2-3-9-23(14)30(25,26)15-6-4-10-27-15/h4,6-8,10,14H,2-3,5,9H2,1H3,(H,21,22,24). The largest absolute Gasteiger partial charge is 0.301 e. The van der Waals surface area contributed by atoms with Crippen molar-refractivity contribution in [2.75, 3.05) is 11.9 Å². The van der Waals surface area contributed by atoms with Gasteiger partial charge in [-0.05, 0) is 43.3 Å². The van der Waals surface area contributed by atoms with Crippen LogP contribution in [0.1, 0.15) is 24.3 Å². The molecule has 0 bridgehead atoms. The molecule has 3 aromatic heterocycles. The summed E-state index contributed by atoms with van der Waals surface area (Å²) in [7, 11) is -3.69. The van der Waals surface area contributed by atoms with Crippen molar-refractivity contribution in [3.63, 3.8) is 0 Å². The lowest BCUT2D eigenvalue weighted by Gasteiger charge is -2.32. The van der Waals surface area contributed by atoms with Gasteiger partial charge in [0.25, 0.3) is 10.0 Å². The number of piperidine rings is 1. The fourth-order valence-electron chi connectivity index (χ4n) is 3.71. The number of carbonyl (C=O) groups excluding carboxylic acids is 1. The minimum absolute atomic E-state index is 0.269. The molecule has 0 aliphatic carbocycles. The summed E-state index contributed by atoms with van der Waals surface area (Å²) in [5.74, 6) is -0.328. The van der Waals surface area contributed by atoms with Crippen molar-refractivity contribution in [2.45, 2.75) is 36.4 Å². The van der Waals surface area contributed by atoms with Crippen molar-refractivity contribution in [1.29, 1.82) is 0 Å². The van der Waals surface area contributed by atoms with E-state index in [1.807, 2.05) is 19.1 Å². The molecule has 1 unspecified atom stereocenters. The minimum Gasteiger partial charge on any atom is -0.301 e. The monoisotopic (exact) mass is 478 g/mol. The van der Waals surface area contributed by atoms with Gasteiger partial charge in [-0.15, -0.1) is 22.7 Å². The Kier molecular flexibility index (Phi) is 5.10. The van der Waals surface area contributed by atoms with E-state index in [0.29, 0.717) is 18.1 Å². The maximum atomic E-state index is 13.1. The summed E-state index contributed by atoms with van der Waals surface area (Å²) < 4.78 is 29.7. The van der Waals surface area contributed by atoms with Gasteiger partial charge >= 0.3 is 0 Å². The van der Waals surface area contributed by atoms with Crippen LogP contribution in [0, 0.1) is 6.92 Å². The summed E-state index contributed by atoms with van der Waals surface area (Å²) in [4.78, 5) is 22.1. The van der Waals surface area contributed by atoms with Gasteiger partial charge in [-0.25, -0.2) is 18.4 Å². The van der Waals surface area contributed by atoms with Crippen LogP contribution in [-0.2, 0) is 14.8 Å². The van der Waals surface area contributed by atoms with Crippen LogP contribution in [0.3, 0.4) is 0 Å². The van der Waals surface area contributed by atoms with Crippen LogP contribution in [0.2, 0.25) is 0 Å². The number of fused-ring (bicyclic) bond motifs is 3. The number of aromatic nitrogens is 2. The van der Waals surface area contributed by atoms with Gasteiger partial charge in [0.15, 0.2) is 5.13 Å². The molecule has 30 heavy (non-hydrogen) atoms. The van der Waals surface area contributed by atoms with E-state index >= 15 is 0 Å². The smallest absolute Gasteiger partial charge is 0.253 e. The number of amides is 1. The SMILES string of the molecule is Cc1nc2ccc3nc(NC(=O)C4CCCCN4S(=O)(=O)c4cccs4)sc3c2s1. The second-order valence-electron chi connectivity index (χ2n) is 7.06. The molecule has 0 radical (unpaired) electrons. The minimum atomic E-state index is -3.69. The summed E-state index contributed by atoms with van der Waals surface area (Å²) in [6.45, 7) is 2.31. The van der Waals surface area contributed by atoms with E-state index in [9.17, 15) is 13.2 Å². The molecule has 156 valence electrons. The number of thiophene rings is 1. The fourth-order valence-corrected chi connectivity index (χ4v) is 8.49. The topological polar surface area (TPSA) is 92.3 Å². The van der Waals surface area contributed by atoms with E-state index < -0.39 is 16.1 Å². The van der Waals surface area contributed by atoms with Gasteiger partial charge < -0.3 is 5.32 Å². The molecule has 1 saturated heterocycles. The lowest BCUT2D eigenvalue weighted by atomic mass is 10.0. The van der Waals surface area contributed by atoms with Gasteiger partial charge in [-0.1, -0.05) is 23.8 Å². The van der Waals surface area contributed by atoms with Gasteiger partial charge in [0.2, 0.25) is 5.91 Å². The second-order valence-corrected chi connectivity index (χ2v) is 12.3. The molecule has 1 aromatic carbocycles. The summed E-state index contributed by atoms with van der Waals surface area (Å²) in [6, 6.07) is 6.39. The molecule has 0 saturated carbocycles. The Labute approximate surface area is 185 Å². The van der Waals surface area contributed by atoms with E-state index in [-0.39, 0.29) is 10.1 Å². The maximum Gasteiger partial charge on any atom is 0.253 e. The number of anilines is 1. The van der Waals surface area contributed by atoms with Crippen LogP contribution in [0.4, 0.5) is 5.13 Å². The van der Waals surface area contributed by atoms with Gasteiger partial charge in [-0.3, -0.25) is 4.79 Å². The Morgan fingerprint density at radius 1 is 1.13 bits per heavy atom. The lowest BCUT2D eigenvalue weighted by Crippen LogP contribution is -2.49. The number of carbonyl (C=O) groups is 1. The highest BCUT2D eigenvalue weighted by Gasteiger charge is 2.38. The Bertz CT molecular complexity index is 1340. The summed E-state index contributed by atoms with van der Waals surface area (Å²) in [5.41, 5.74) is 1.73. The van der Waals surface area contributed by atoms with Gasteiger partial charge in [-0.2, -0.15) is 4.31 Å². The third-order valence-corrected chi connectivity index (χ3v) is 10.5. The molecule has 1 aliphatic heterocycles. The number of rotatable bonds is 4. The Balaban J connectivity index is 1.44. The molecule has 1 aliphatic rings. The average Bonchev–Trinajstić information content (AvgIpc) is 3.46. The molecule has 4 aromatic rings. The van der Waals surface area contributed by atoms with E-state index in [1.165, 1.54) is 27.0 Å². The summed E-state index contributed by atoms with van der Waals surface area (Å²) in [5, 5.41) is 6.06. The quantitative estimate of drug-likeness (QED) is 0.468. The van der Waals surface area contributed by atoms with Crippen molar-refractivity contribution in [3.05, 3.63) is 34.7 Å². The van der Waals surface area contributed by atoms with Gasteiger partial charge in [0, 0.05) is 6.54 Å². The van der Waals surface area contributed by atoms with Crippen LogP contribution < -0.4 is 5.32 Å². The summed E-state index contributed by atoms with van der Waals surface area (Å²) in [6.07, 6.45) is 2.06. The first-order valence-electron chi connectivity index (χ1n) is 9.46.